The van der Waals surface area contributed by atoms with Crippen molar-refractivity contribution in [3.05, 3.63) is 24.3 Å². The van der Waals surface area contributed by atoms with Crippen LogP contribution in [0.5, 0.6) is 5.75 Å². The van der Waals surface area contributed by atoms with E-state index in [0.717, 1.165) is 0 Å². The van der Waals surface area contributed by atoms with Crippen LogP contribution in [0.15, 0.2) is 29.3 Å². The summed E-state index contributed by atoms with van der Waals surface area (Å²) < 4.78 is 29.5. The smallest absolute Gasteiger partial charge is 0.303 e. The van der Waals surface area contributed by atoms with Gasteiger partial charge in [-0.3, -0.25) is 9.59 Å². The highest BCUT2D eigenvalue weighted by Crippen LogP contribution is 2.43. The third-order valence-electron chi connectivity index (χ3n) is 4.41. The fourth-order valence-corrected chi connectivity index (χ4v) is 7.15. The van der Waals surface area contributed by atoms with Crippen LogP contribution in [0.25, 0.3) is 0 Å². The van der Waals surface area contributed by atoms with Gasteiger partial charge in [0.15, 0.2) is 15.0 Å². The largest absolute Gasteiger partial charge is 0.495 e. The highest BCUT2D eigenvalue weighted by Gasteiger charge is 2.49. The molecule has 10 heteroatoms. The molecule has 1 aromatic rings. The van der Waals surface area contributed by atoms with Gasteiger partial charge in [-0.15, -0.1) is 0 Å². The molecule has 0 radical (unpaired) electrons. The molecule has 0 aliphatic carbocycles. The minimum Gasteiger partial charge on any atom is -0.495 e. The maximum Gasteiger partial charge on any atom is 0.303 e. The summed E-state index contributed by atoms with van der Waals surface area (Å²) in [7, 11) is -1.62. The highest BCUT2D eigenvalue weighted by atomic mass is 32.2. The van der Waals surface area contributed by atoms with Crippen molar-refractivity contribution < 1.29 is 27.9 Å². The Hall–Kier alpha value is -2.07. The van der Waals surface area contributed by atoms with Crippen molar-refractivity contribution >= 4 is 44.3 Å². The van der Waals surface area contributed by atoms with Crippen LogP contribution in [0, 0.1) is 0 Å². The minimum atomic E-state index is -3.15. The number of sulfone groups is 1. The topological polar surface area (TPSA) is 113 Å². The summed E-state index contributed by atoms with van der Waals surface area (Å²) in [6, 6.07) is 6.87. The van der Waals surface area contributed by atoms with Crippen LogP contribution in [0.4, 0.5) is 5.69 Å². The highest BCUT2D eigenvalue weighted by molar-refractivity contribution is 8.16. The van der Waals surface area contributed by atoms with Gasteiger partial charge in [-0.25, -0.2) is 8.42 Å². The van der Waals surface area contributed by atoms with Gasteiger partial charge in [-0.1, -0.05) is 23.9 Å². The molecular formula is C17H20N2O6S2. The van der Waals surface area contributed by atoms with Crippen molar-refractivity contribution in [1.29, 1.82) is 0 Å². The summed E-state index contributed by atoms with van der Waals surface area (Å²) in [6.07, 6.45) is 0.152. The number of carbonyl (C=O) groups excluding carboxylic acids is 1. The molecule has 0 spiro atoms. The molecule has 2 aliphatic heterocycles. The van der Waals surface area contributed by atoms with E-state index in [2.05, 4.69) is 4.99 Å². The number of anilines is 1. The van der Waals surface area contributed by atoms with Crippen LogP contribution in [0.2, 0.25) is 0 Å². The average molecular weight is 412 g/mol. The molecule has 0 bridgehead atoms. The predicted molar refractivity (Wildman–Crippen MR) is 103 cm³/mol. The Balaban J connectivity index is 1.90. The number of thioether (sulfide) groups is 1. The Bertz CT molecular complexity index is 883. The number of para-hydroxylation sites is 2. The second kappa shape index (κ2) is 7.89. The molecule has 1 N–H and O–H groups in total. The van der Waals surface area contributed by atoms with Gasteiger partial charge in [-0.2, -0.15) is 4.99 Å². The molecule has 2 fully saturated rings. The van der Waals surface area contributed by atoms with Crippen LogP contribution in [0.1, 0.15) is 19.3 Å². The van der Waals surface area contributed by atoms with E-state index in [-0.39, 0.29) is 42.1 Å². The lowest BCUT2D eigenvalue weighted by atomic mass is 10.2. The number of carboxylic acid groups (broad SMARTS) is 1. The first-order chi connectivity index (χ1) is 12.8. The number of rotatable bonds is 6. The van der Waals surface area contributed by atoms with Gasteiger partial charge in [-0.05, 0) is 18.6 Å². The Morgan fingerprint density at radius 1 is 1.30 bits per heavy atom. The van der Waals surface area contributed by atoms with E-state index in [4.69, 9.17) is 9.84 Å². The summed E-state index contributed by atoms with van der Waals surface area (Å²) in [4.78, 5) is 28.7. The van der Waals surface area contributed by atoms with Gasteiger partial charge < -0.3 is 14.7 Å². The van der Waals surface area contributed by atoms with E-state index in [1.165, 1.54) is 18.9 Å². The van der Waals surface area contributed by atoms with Gasteiger partial charge >= 0.3 is 5.97 Å². The molecule has 27 heavy (non-hydrogen) atoms. The fraction of sp³-hybridized carbons (Fsp3) is 0.471. The first-order valence-corrected chi connectivity index (χ1v) is 11.1. The number of carboxylic acids is 1. The van der Waals surface area contributed by atoms with Crippen molar-refractivity contribution in [3.63, 3.8) is 0 Å². The Kier molecular flexibility index (Phi) is 5.75. The van der Waals surface area contributed by atoms with E-state index in [1.807, 2.05) is 12.1 Å². The third kappa shape index (κ3) is 4.44. The number of amidine groups is 1. The minimum absolute atomic E-state index is 0.00502. The standard InChI is InChI=1S/C17H20N2O6S2/c1-25-13-6-3-2-5-11(13)19-12-9-27(23,24)10-14(12)26-17(19)18-15(20)7-4-8-16(21)22/h2-3,5-6,12,14H,4,7-10H2,1H3,(H,21,22). The SMILES string of the molecule is COc1ccccc1N1C(=NC(=O)CCCC(=O)O)SC2CS(=O)(=O)CC21. The van der Waals surface area contributed by atoms with Crippen LogP contribution in [-0.4, -0.2) is 60.5 Å². The van der Waals surface area contributed by atoms with Crippen LogP contribution >= 0.6 is 11.8 Å². The molecule has 8 nitrogen and oxygen atoms in total. The monoisotopic (exact) mass is 412 g/mol. The Labute approximate surface area is 161 Å². The number of nitrogens with zero attached hydrogens (tertiary/aromatic N) is 2. The van der Waals surface area contributed by atoms with Crippen LogP contribution in [0.3, 0.4) is 0 Å². The Morgan fingerprint density at radius 2 is 2.04 bits per heavy atom. The lowest BCUT2D eigenvalue weighted by Crippen LogP contribution is -2.38. The molecule has 0 saturated carbocycles. The predicted octanol–water partition coefficient (Wildman–Crippen LogP) is 1.55. The number of benzene rings is 1. The van der Waals surface area contributed by atoms with E-state index in [1.54, 1.807) is 17.0 Å². The molecule has 2 aliphatic rings. The van der Waals surface area contributed by atoms with Crippen LogP contribution < -0.4 is 9.64 Å². The molecule has 1 aromatic carbocycles. The summed E-state index contributed by atoms with van der Waals surface area (Å²) in [6.45, 7) is 0. The quantitative estimate of drug-likeness (QED) is 0.749. The Morgan fingerprint density at radius 3 is 2.74 bits per heavy atom. The first kappa shape index (κ1) is 19.7. The summed E-state index contributed by atoms with van der Waals surface area (Å²) in [5, 5.41) is 8.92. The van der Waals surface area contributed by atoms with Gasteiger partial charge in [0.1, 0.15) is 5.75 Å². The van der Waals surface area contributed by atoms with Crippen molar-refractivity contribution in [2.24, 2.45) is 4.99 Å². The van der Waals surface area contributed by atoms with Gasteiger partial charge in [0.25, 0.3) is 0 Å². The lowest BCUT2D eigenvalue weighted by Gasteiger charge is -2.26. The normalized spacial score (nSPS) is 24.8. The number of amides is 1. The maximum atomic E-state index is 12.2. The second-order valence-electron chi connectivity index (χ2n) is 6.38. The number of ether oxygens (including phenoxy) is 1. The zero-order chi connectivity index (χ0) is 19.6. The van der Waals surface area contributed by atoms with E-state index in [9.17, 15) is 18.0 Å². The summed E-state index contributed by atoms with van der Waals surface area (Å²) in [5.41, 5.74) is 0.661. The molecule has 2 unspecified atom stereocenters. The van der Waals surface area contributed by atoms with Crippen molar-refractivity contribution in [2.45, 2.75) is 30.6 Å². The number of hydrogen-bond acceptors (Lipinski definition) is 6. The van der Waals surface area contributed by atoms with Gasteiger partial charge in [0.05, 0.1) is 30.3 Å². The summed E-state index contributed by atoms with van der Waals surface area (Å²) in [5.74, 6) is -0.772. The van der Waals surface area contributed by atoms with Crippen molar-refractivity contribution in [3.8, 4) is 5.75 Å². The number of aliphatic imine (C=N–C) groups is 1. The molecule has 1 amide bonds. The third-order valence-corrected chi connectivity index (χ3v) is 7.62. The number of hydrogen-bond donors (Lipinski definition) is 1. The van der Waals surface area contributed by atoms with E-state index in [0.29, 0.717) is 16.6 Å². The van der Waals surface area contributed by atoms with Crippen LogP contribution in [-0.2, 0) is 19.4 Å². The van der Waals surface area contributed by atoms with Crippen molar-refractivity contribution in [1.82, 2.24) is 0 Å². The molecule has 0 aromatic heterocycles. The molecule has 146 valence electrons. The van der Waals surface area contributed by atoms with Gasteiger partial charge in [0, 0.05) is 18.1 Å². The zero-order valence-electron chi connectivity index (χ0n) is 14.7. The molecule has 3 rings (SSSR count). The number of carbonyl (C=O) groups is 2. The van der Waals surface area contributed by atoms with E-state index < -0.39 is 21.7 Å². The second-order valence-corrected chi connectivity index (χ2v) is 9.74. The van der Waals surface area contributed by atoms with Gasteiger partial charge in [0.2, 0.25) is 5.91 Å². The maximum absolute atomic E-state index is 12.2. The molecular weight excluding hydrogens is 392 g/mol. The van der Waals surface area contributed by atoms with Crippen molar-refractivity contribution in [2.75, 3.05) is 23.5 Å². The first-order valence-electron chi connectivity index (χ1n) is 8.43. The molecule has 2 heterocycles. The number of methoxy groups -OCH3 is 1. The number of aliphatic carboxylic acids is 1. The fourth-order valence-electron chi connectivity index (χ4n) is 3.23. The summed E-state index contributed by atoms with van der Waals surface area (Å²) >= 11 is 1.28. The zero-order valence-corrected chi connectivity index (χ0v) is 16.3. The molecule has 2 atom stereocenters. The average Bonchev–Trinajstić information content (AvgIpc) is 3.05. The number of fused-ring (bicyclic) bond motifs is 1. The molecule has 2 saturated heterocycles. The van der Waals surface area contributed by atoms with E-state index >= 15 is 0 Å². The lowest BCUT2D eigenvalue weighted by molar-refractivity contribution is -0.137.